The second-order valence-corrected chi connectivity index (χ2v) is 5.33. The Labute approximate surface area is 123 Å². The number of hydrogen-bond donors (Lipinski definition) is 1. The molecule has 5 nitrogen and oxygen atoms in total. The van der Waals surface area contributed by atoms with Crippen LogP contribution in [0.4, 0.5) is 4.39 Å². The van der Waals surface area contributed by atoms with Gasteiger partial charge in [0.05, 0.1) is 31.0 Å². The Morgan fingerprint density at radius 2 is 2.24 bits per heavy atom. The van der Waals surface area contributed by atoms with Crippen LogP contribution in [0.2, 0.25) is 0 Å². The second kappa shape index (κ2) is 7.47. The maximum absolute atomic E-state index is 12.9. The van der Waals surface area contributed by atoms with Crippen LogP contribution in [-0.4, -0.2) is 46.8 Å². The first kappa shape index (κ1) is 15.9. The van der Waals surface area contributed by atoms with Gasteiger partial charge in [0.1, 0.15) is 5.82 Å². The molecule has 1 aliphatic heterocycles. The fourth-order valence-electron chi connectivity index (χ4n) is 2.56. The van der Waals surface area contributed by atoms with E-state index in [2.05, 4.69) is 16.8 Å². The minimum absolute atomic E-state index is 0.0517. The zero-order chi connectivity index (χ0) is 15.2. The van der Waals surface area contributed by atoms with Crippen LogP contribution >= 0.6 is 0 Å². The van der Waals surface area contributed by atoms with Gasteiger partial charge in [-0.2, -0.15) is 0 Å². The molecule has 0 aromatic carbocycles. The van der Waals surface area contributed by atoms with Gasteiger partial charge in [-0.05, 0) is 31.9 Å². The summed E-state index contributed by atoms with van der Waals surface area (Å²) in [5.74, 6) is -1.15. The highest BCUT2D eigenvalue weighted by Gasteiger charge is 2.24. The van der Waals surface area contributed by atoms with Gasteiger partial charge < -0.3 is 9.84 Å². The fourth-order valence-corrected chi connectivity index (χ4v) is 2.56. The highest BCUT2D eigenvalue weighted by molar-refractivity contribution is 5.66. The van der Waals surface area contributed by atoms with Crippen molar-refractivity contribution in [2.45, 2.75) is 38.3 Å². The Bertz CT molecular complexity index is 458. The summed E-state index contributed by atoms with van der Waals surface area (Å²) in [5, 5.41) is 8.58. The van der Waals surface area contributed by atoms with Crippen molar-refractivity contribution in [3.63, 3.8) is 0 Å². The standard InChI is InChI=1S/C15H21FN2O3/c1-11(14-3-2-12(16)10-17-14)18-7-4-13(5-8-18)21-9-6-15(19)20/h2-3,10-11,13H,4-9H2,1H3,(H,19,20). The predicted molar refractivity (Wildman–Crippen MR) is 75.4 cm³/mol. The van der Waals surface area contributed by atoms with Gasteiger partial charge in [-0.15, -0.1) is 0 Å². The molecule has 1 saturated heterocycles. The number of piperidine rings is 1. The van der Waals surface area contributed by atoms with E-state index in [1.165, 1.54) is 12.3 Å². The highest BCUT2D eigenvalue weighted by atomic mass is 19.1. The van der Waals surface area contributed by atoms with E-state index in [0.717, 1.165) is 31.6 Å². The Hall–Kier alpha value is -1.53. The summed E-state index contributed by atoms with van der Waals surface area (Å²) in [5.41, 5.74) is 0.863. The van der Waals surface area contributed by atoms with E-state index in [1.807, 2.05) is 0 Å². The van der Waals surface area contributed by atoms with Crippen molar-refractivity contribution in [3.05, 3.63) is 29.8 Å². The van der Waals surface area contributed by atoms with E-state index < -0.39 is 5.97 Å². The Morgan fingerprint density at radius 3 is 2.81 bits per heavy atom. The average Bonchev–Trinajstić information content (AvgIpc) is 2.48. The van der Waals surface area contributed by atoms with Crippen LogP contribution < -0.4 is 0 Å². The Morgan fingerprint density at radius 1 is 1.52 bits per heavy atom. The summed E-state index contributed by atoms with van der Waals surface area (Å²) in [7, 11) is 0. The van der Waals surface area contributed by atoms with E-state index in [1.54, 1.807) is 6.07 Å². The van der Waals surface area contributed by atoms with Crippen molar-refractivity contribution >= 4 is 5.97 Å². The van der Waals surface area contributed by atoms with Gasteiger partial charge in [0.25, 0.3) is 0 Å². The number of aliphatic carboxylic acids is 1. The van der Waals surface area contributed by atoms with Gasteiger partial charge in [-0.1, -0.05) is 0 Å². The molecule has 1 unspecified atom stereocenters. The van der Waals surface area contributed by atoms with Gasteiger partial charge in [0.2, 0.25) is 0 Å². The Kier molecular flexibility index (Phi) is 5.64. The molecule has 21 heavy (non-hydrogen) atoms. The van der Waals surface area contributed by atoms with Crippen LogP contribution in [0.15, 0.2) is 18.3 Å². The second-order valence-electron chi connectivity index (χ2n) is 5.33. The molecule has 2 heterocycles. The first-order chi connectivity index (χ1) is 10.1. The van der Waals surface area contributed by atoms with Crippen LogP contribution in [0, 0.1) is 5.82 Å². The molecule has 1 N–H and O–H groups in total. The minimum Gasteiger partial charge on any atom is -0.481 e. The molecular weight excluding hydrogens is 275 g/mol. The molecule has 0 saturated carbocycles. The number of carbonyl (C=O) groups is 1. The summed E-state index contributed by atoms with van der Waals surface area (Å²) >= 11 is 0. The summed E-state index contributed by atoms with van der Waals surface area (Å²) < 4.78 is 18.5. The number of pyridine rings is 1. The SMILES string of the molecule is CC(c1ccc(F)cn1)N1CCC(OCCC(=O)O)CC1. The van der Waals surface area contributed by atoms with E-state index in [4.69, 9.17) is 9.84 Å². The van der Waals surface area contributed by atoms with Gasteiger partial charge in [0.15, 0.2) is 0 Å². The molecule has 1 aromatic heterocycles. The number of ether oxygens (including phenoxy) is 1. The molecule has 1 fully saturated rings. The average molecular weight is 296 g/mol. The third-order valence-corrected chi connectivity index (χ3v) is 3.87. The number of carboxylic acids is 1. The lowest BCUT2D eigenvalue weighted by Crippen LogP contribution is -2.39. The fraction of sp³-hybridized carbons (Fsp3) is 0.600. The van der Waals surface area contributed by atoms with E-state index in [0.29, 0.717) is 0 Å². The van der Waals surface area contributed by atoms with Gasteiger partial charge in [-0.25, -0.2) is 4.39 Å². The van der Waals surface area contributed by atoms with Crippen molar-refractivity contribution < 1.29 is 19.0 Å². The third-order valence-electron chi connectivity index (χ3n) is 3.87. The van der Waals surface area contributed by atoms with Gasteiger partial charge >= 0.3 is 5.97 Å². The molecule has 116 valence electrons. The summed E-state index contributed by atoms with van der Waals surface area (Å²) in [6.45, 7) is 4.08. The van der Waals surface area contributed by atoms with Crippen LogP contribution in [0.5, 0.6) is 0 Å². The van der Waals surface area contributed by atoms with Crippen molar-refractivity contribution in [3.8, 4) is 0 Å². The van der Waals surface area contributed by atoms with E-state index in [9.17, 15) is 9.18 Å². The number of likely N-dealkylation sites (tertiary alicyclic amines) is 1. The molecule has 1 aromatic rings. The number of rotatable bonds is 6. The topological polar surface area (TPSA) is 62.7 Å². The van der Waals surface area contributed by atoms with Gasteiger partial charge in [0, 0.05) is 19.1 Å². The normalized spacial score (nSPS) is 18.6. The molecule has 0 bridgehead atoms. The number of nitrogens with zero attached hydrogens (tertiary/aromatic N) is 2. The lowest BCUT2D eigenvalue weighted by atomic mass is 10.0. The smallest absolute Gasteiger partial charge is 0.305 e. The van der Waals surface area contributed by atoms with Crippen LogP contribution in [-0.2, 0) is 9.53 Å². The first-order valence-corrected chi connectivity index (χ1v) is 7.25. The van der Waals surface area contributed by atoms with Crippen molar-refractivity contribution in [2.75, 3.05) is 19.7 Å². The van der Waals surface area contributed by atoms with Crippen LogP contribution in [0.25, 0.3) is 0 Å². The molecule has 6 heteroatoms. The number of hydrogen-bond acceptors (Lipinski definition) is 4. The third kappa shape index (κ3) is 4.75. The largest absolute Gasteiger partial charge is 0.481 e. The van der Waals surface area contributed by atoms with Crippen molar-refractivity contribution in [1.82, 2.24) is 9.88 Å². The number of carboxylic acid groups (broad SMARTS) is 1. The van der Waals surface area contributed by atoms with Crippen LogP contribution in [0.1, 0.15) is 37.9 Å². The molecule has 1 atom stereocenters. The molecular formula is C15H21FN2O3. The molecule has 0 amide bonds. The van der Waals surface area contributed by atoms with E-state index in [-0.39, 0.29) is 31.0 Å². The van der Waals surface area contributed by atoms with Crippen molar-refractivity contribution in [1.29, 1.82) is 0 Å². The molecule has 0 aliphatic carbocycles. The van der Waals surface area contributed by atoms with Crippen LogP contribution in [0.3, 0.4) is 0 Å². The molecule has 2 rings (SSSR count). The first-order valence-electron chi connectivity index (χ1n) is 7.25. The lowest BCUT2D eigenvalue weighted by Gasteiger charge is -2.35. The zero-order valence-electron chi connectivity index (χ0n) is 12.2. The molecule has 1 aliphatic rings. The number of halogens is 1. The quantitative estimate of drug-likeness (QED) is 0.872. The molecule has 0 radical (unpaired) electrons. The van der Waals surface area contributed by atoms with E-state index >= 15 is 0 Å². The summed E-state index contributed by atoms with van der Waals surface area (Å²) in [6.07, 6.45) is 3.19. The Balaban J connectivity index is 1.77. The minimum atomic E-state index is -0.830. The van der Waals surface area contributed by atoms with Crippen molar-refractivity contribution in [2.24, 2.45) is 0 Å². The monoisotopic (exact) mass is 296 g/mol. The number of aromatic nitrogens is 1. The lowest BCUT2D eigenvalue weighted by molar-refractivity contribution is -0.138. The summed E-state index contributed by atoms with van der Waals surface area (Å²) in [4.78, 5) is 16.9. The molecule has 0 spiro atoms. The van der Waals surface area contributed by atoms with Gasteiger partial charge in [-0.3, -0.25) is 14.7 Å². The predicted octanol–water partition coefficient (Wildman–Crippen LogP) is 2.24. The maximum atomic E-state index is 12.9. The maximum Gasteiger partial charge on any atom is 0.305 e. The zero-order valence-corrected chi connectivity index (χ0v) is 12.2. The summed E-state index contributed by atoms with van der Waals surface area (Å²) in [6, 6.07) is 3.29. The highest BCUT2D eigenvalue weighted by Crippen LogP contribution is 2.24.